The highest BCUT2D eigenvalue weighted by Crippen LogP contribution is 2.19. The van der Waals surface area contributed by atoms with Gasteiger partial charge in [0.2, 0.25) is 0 Å². The second-order valence-electron chi connectivity index (χ2n) is 4.44. The first-order valence-corrected chi connectivity index (χ1v) is 5.81. The number of hydrogen-bond acceptors (Lipinski definition) is 4. The highest BCUT2D eigenvalue weighted by Gasteiger charge is 2.21. The minimum atomic E-state index is -0.503. The van der Waals surface area contributed by atoms with E-state index in [4.69, 9.17) is 5.26 Å². The van der Waals surface area contributed by atoms with Crippen LogP contribution in [-0.4, -0.2) is 28.3 Å². The van der Waals surface area contributed by atoms with Crippen LogP contribution in [0, 0.1) is 28.4 Å². The van der Waals surface area contributed by atoms with Crippen LogP contribution in [-0.2, 0) is 0 Å². The quantitative estimate of drug-likeness (QED) is 0.472. The summed E-state index contributed by atoms with van der Waals surface area (Å²) in [7, 11) is 0. The summed E-state index contributed by atoms with van der Waals surface area (Å²) in [5.41, 5.74) is 0.864. The maximum absolute atomic E-state index is 12.3. The molecule has 0 atom stereocenters. The van der Waals surface area contributed by atoms with Crippen LogP contribution in [0.2, 0.25) is 0 Å². The molecule has 0 aliphatic rings. The van der Waals surface area contributed by atoms with Crippen molar-refractivity contribution in [1.82, 2.24) is 4.90 Å². The van der Waals surface area contributed by atoms with Crippen molar-refractivity contribution in [1.29, 1.82) is 5.26 Å². The molecule has 0 radical (unpaired) electrons. The van der Waals surface area contributed by atoms with Gasteiger partial charge >= 0.3 is 0 Å². The summed E-state index contributed by atoms with van der Waals surface area (Å²) in [4.78, 5) is 23.9. The van der Waals surface area contributed by atoms with Gasteiger partial charge in [0.15, 0.2) is 0 Å². The van der Waals surface area contributed by atoms with E-state index >= 15 is 0 Å². The molecular weight excluding hydrogens is 246 g/mol. The van der Waals surface area contributed by atoms with Gasteiger partial charge in [0.05, 0.1) is 11.0 Å². The predicted molar refractivity (Wildman–Crippen MR) is 69.6 cm³/mol. The Morgan fingerprint density at radius 2 is 2.16 bits per heavy atom. The Bertz CT molecular complexity index is 547. The molecule has 100 valence electrons. The fourth-order valence-electron chi connectivity index (χ4n) is 1.72. The van der Waals surface area contributed by atoms with Crippen LogP contribution in [0.3, 0.4) is 0 Å². The molecule has 0 aliphatic carbocycles. The van der Waals surface area contributed by atoms with E-state index in [1.54, 1.807) is 6.92 Å². The Balaban J connectivity index is 3.12. The van der Waals surface area contributed by atoms with Crippen LogP contribution in [0.1, 0.15) is 29.8 Å². The van der Waals surface area contributed by atoms with Crippen molar-refractivity contribution in [2.75, 3.05) is 6.54 Å². The molecule has 1 aromatic rings. The topological polar surface area (TPSA) is 87.2 Å². The number of non-ortho nitro benzene ring substituents is 1. The molecular formula is C13H15N3O3. The number of hydrogen-bond donors (Lipinski definition) is 0. The third kappa shape index (κ3) is 3.28. The second kappa shape index (κ2) is 5.96. The molecule has 0 saturated carbocycles. The number of rotatable bonds is 4. The lowest BCUT2D eigenvalue weighted by atomic mass is 10.1. The molecule has 0 bridgehead atoms. The number of nitro benzene ring substituents is 1. The standard InChI is InChI=1S/C13H15N3O3/c1-9(2)15(7-6-14)13(17)12-5-4-11(16(18)19)8-10(12)3/h4-5,8-9H,7H2,1-3H3. The molecule has 0 aliphatic heterocycles. The Hall–Kier alpha value is -2.42. The van der Waals surface area contributed by atoms with E-state index in [9.17, 15) is 14.9 Å². The number of benzene rings is 1. The Morgan fingerprint density at radius 1 is 1.53 bits per heavy atom. The SMILES string of the molecule is Cc1cc([N+](=O)[O-])ccc1C(=O)N(CC#N)C(C)C. The summed E-state index contributed by atoms with van der Waals surface area (Å²) in [5.74, 6) is -0.288. The van der Waals surface area contributed by atoms with Crippen molar-refractivity contribution >= 4 is 11.6 Å². The van der Waals surface area contributed by atoms with Crippen molar-refractivity contribution in [3.8, 4) is 6.07 Å². The number of nitrogens with zero attached hydrogens (tertiary/aromatic N) is 3. The fourth-order valence-corrected chi connectivity index (χ4v) is 1.72. The Labute approximate surface area is 111 Å². The van der Waals surface area contributed by atoms with Crippen LogP contribution < -0.4 is 0 Å². The monoisotopic (exact) mass is 261 g/mol. The van der Waals surface area contributed by atoms with E-state index in [0.717, 1.165) is 0 Å². The molecule has 1 rings (SSSR count). The van der Waals surface area contributed by atoms with Gasteiger partial charge in [-0.25, -0.2) is 0 Å². The summed E-state index contributed by atoms with van der Waals surface area (Å²) < 4.78 is 0. The maximum Gasteiger partial charge on any atom is 0.269 e. The number of carbonyl (C=O) groups is 1. The first-order valence-electron chi connectivity index (χ1n) is 5.81. The van der Waals surface area contributed by atoms with Gasteiger partial charge in [-0.3, -0.25) is 14.9 Å². The number of carbonyl (C=O) groups excluding carboxylic acids is 1. The van der Waals surface area contributed by atoms with E-state index < -0.39 is 4.92 Å². The average molecular weight is 261 g/mol. The van der Waals surface area contributed by atoms with Gasteiger partial charge in [-0.1, -0.05) is 0 Å². The Kier molecular flexibility index (Phi) is 4.59. The van der Waals surface area contributed by atoms with Crippen LogP contribution in [0.5, 0.6) is 0 Å². The van der Waals surface area contributed by atoms with Crippen molar-refractivity contribution in [3.63, 3.8) is 0 Å². The summed E-state index contributed by atoms with van der Waals surface area (Å²) in [6, 6.07) is 5.93. The van der Waals surface area contributed by atoms with Gasteiger partial charge < -0.3 is 4.90 Å². The van der Waals surface area contributed by atoms with Gasteiger partial charge in [0.25, 0.3) is 11.6 Å². The van der Waals surface area contributed by atoms with Gasteiger partial charge in [-0.15, -0.1) is 0 Å². The van der Waals surface area contributed by atoms with E-state index in [0.29, 0.717) is 11.1 Å². The fraction of sp³-hybridized carbons (Fsp3) is 0.385. The molecule has 0 aromatic heterocycles. The lowest BCUT2D eigenvalue weighted by Gasteiger charge is -2.24. The molecule has 0 fully saturated rings. The summed E-state index contributed by atoms with van der Waals surface area (Å²) in [6.07, 6.45) is 0. The average Bonchev–Trinajstić information content (AvgIpc) is 2.34. The van der Waals surface area contributed by atoms with Crippen LogP contribution in [0.4, 0.5) is 5.69 Å². The third-order valence-electron chi connectivity index (χ3n) is 2.78. The number of amides is 1. The van der Waals surface area contributed by atoms with Gasteiger partial charge in [-0.2, -0.15) is 5.26 Å². The second-order valence-corrected chi connectivity index (χ2v) is 4.44. The summed E-state index contributed by atoms with van der Waals surface area (Å²) in [5, 5.41) is 19.4. The lowest BCUT2D eigenvalue weighted by molar-refractivity contribution is -0.384. The smallest absolute Gasteiger partial charge is 0.269 e. The molecule has 19 heavy (non-hydrogen) atoms. The zero-order valence-corrected chi connectivity index (χ0v) is 11.1. The van der Waals surface area contributed by atoms with E-state index in [1.165, 1.54) is 23.1 Å². The van der Waals surface area contributed by atoms with Crippen LogP contribution >= 0.6 is 0 Å². The Morgan fingerprint density at radius 3 is 2.58 bits per heavy atom. The van der Waals surface area contributed by atoms with E-state index in [2.05, 4.69) is 0 Å². The first-order chi connectivity index (χ1) is 8.88. The van der Waals surface area contributed by atoms with Crippen molar-refractivity contribution in [2.24, 2.45) is 0 Å². The molecule has 1 amide bonds. The zero-order chi connectivity index (χ0) is 14.6. The number of nitriles is 1. The van der Waals surface area contributed by atoms with Gasteiger partial charge in [-0.05, 0) is 32.4 Å². The molecule has 0 N–H and O–H groups in total. The molecule has 0 heterocycles. The van der Waals surface area contributed by atoms with Crippen molar-refractivity contribution in [3.05, 3.63) is 39.4 Å². The van der Waals surface area contributed by atoms with Crippen molar-refractivity contribution < 1.29 is 9.72 Å². The molecule has 6 heteroatoms. The largest absolute Gasteiger partial charge is 0.323 e. The molecule has 0 spiro atoms. The summed E-state index contributed by atoms with van der Waals surface area (Å²) in [6.45, 7) is 5.27. The normalized spacial score (nSPS) is 10.1. The molecule has 0 unspecified atom stereocenters. The van der Waals surface area contributed by atoms with Crippen LogP contribution in [0.15, 0.2) is 18.2 Å². The minimum Gasteiger partial charge on any atom is -0.323 e. The van der Waals surface area contributed by atoms with Gasteiger partial charge in [0.1, 0.15) is 6.54 Å². The zero-order valence-electron chi connectivity index (χ0n) is 11.1. The summed E-state index contributed by atoms with van der Waals surface area (Å²) >= 11 is 0. The van der Waals surface area contributed by atoms with Crippen LogP contribution in [0.25, 0.3) is 0 Å². The van der Waals surface area contributed by atoms with Crippen molar-refractivity contribution in [2.45, 2.75) is 26.8 Å². The predicted octanol–water partition coefficient (Wildman–Crippen LogP) is 2.28. The minimum absolute atomic E-state index is 0.00702. The number of aryl methyl sites for hydroxylation is 1. The number of nitro groups is 1. The molecule has 1 aromatic carbocycles. The molecule has 0 saturated heterocycles. The van der Waals surface area contributed by atoms with E-state index in [-0.39, 0.29) is 24.2 Å². The third-order valence-corrected chi connectivity index (χ3v) is 2.78. The lowest BCUT2D eigenvalue weighted by Crippen LogP contribution is -2.37. The highest BCUT2D eigenvalue weighted by molar-refractivity contribution is 5.96. The first kappa shape index (κ1) is 14.6. The molecule has 6 nitrogen and oxygen atoms in total. The van der Waals surface area contributed by atoms with Gasteiger partial charge in [0, 0.05) is 23.7 Å². The maximum atomic E-state index is 12.3. The highest BCUT2D eigenvalue weighted by atomic mass is 16.6. The van der Waals surface area contributed by atoms with E-state index in [1.807, 2.05) is 19.9 Å².